The highest BCUT2D eigenvalue weighted by Gasteiger charge is 2.26. The quantitative estimate of drug-likeness (QED) is 0.581. The zero-order valence-corrected chi connectivity index (χ0v) is 18.5. The highest BCUT2D eigenvalue weighted by atomic mass is 16.5. The van der Waals surface area contributed by atoms with Gasteiger partial charge in [-0.3, -0.25) is 4.79 Å². The number of likely N-dealkylation sites (tertiary alicyclic amines) is 1. The van der Waals surface area contributed by atoms with Crippen LogP contribution in [0.1, 0.15) is 39.9 Å². The van der Waals surface area contributed by atoms with Crippen molar-refractivity contribution in [2.75, 3.05) is 25.0 Å². The number of esters is 1. The first-order valence-electron chi connectivity index (χ1n) is 11.2. The summed E-state index contributed by atoms with van der Waals surface area (Å²) in [6.45, 7) is 5.19. The number of aromatic nitrogens is 4. The Morgan fingerprint density at radius 3 is 2.85 bits per heavy atom. The molecule has 1 aromatic heterocycles. The van der Waals surface area contributed by atoms with Crippen molar-refractivity contribution in [2.45, 2.75) is 32.8 Å². The van der Waals surface area contributed by atoms with Gasteiger partial charge >= 0.3 is 5.97 Å². The van der Waals surface area contributed by atoms with E-state index in [9.17, 15) is 9.59 Å². The summed E-state index contributed by atoms with van der Waals surface area (Å²) in [6, 6.07) is 11.4. The van der Waals surface area contributed by atoms with Crippen LogP contribution in [0.15, 0.2) is 42.7 Å². The Morgan fingerprint density at radius 1 is 1.21 bits per heavy atom. The molecule has 2 aliphatic rings. The summed E-state index contributed by atoms with van der Waals surface area (Å²) in [5.41, 5.74) is 5.69. The summed E-state index contributed by atoms with van der Waals surface area (Å²) in [5, 5.41) is 14.2. The lowest BCUT2D eigenvalue weighted by atomic mass is 9.94. The van der Waals surface area contributed by atoms with Crippen LogP contribution in [0, 0.1) is 12.8 Å². The van der Waals surface area contributed by atoms with Crippen LogP contribution >= 0.6 is 0 Å². The number of hydrogen-bond acceptors (Lipinski definition) is 7. The Hall–Kier alpha value is -3.59. The molecule has 1 amide bonds. The number of nitrogens with one attached hydrogen (secondary N) is 1. The minimum absolute atomic E-state index is 0.00262. The number of anilines is 1. The SMILES string of the molecule is Cc1c(CCN2CCC(C(=O)Nc3cccc(-n4cnnn4)c3)CC2)ccc2c1COC2=O. The molecule has 0 unspecified atom stereocenters. The average Bonchev–Trinajstić information content (AvgIpc) is 3.50. The number of nitrogens with zero attached hydrogens (tertiary/aromatic N) is 5. The van der Waals surface area contributed by atoms with Crippen molar-refractivity contribution in [3.05, 3.63) is 65.0 Å². The molecule has 9 heteroatoms. The maximum absolute atomic E-state index is 12.8. The van der Waals surface area contributed by atoms with E-state index in [0.29, 0.717) is 12.2 Å². The van der Waals surface area contributed by atoms with Crippen LogP contribution in [-0.4, -0.2) is 56.6 Å². The molecule has 0 saturated carbocycles. The normalized spacial score (nSPS) is 16.5. The number of tetrazole rings is 1. The molecule has 0 atom stereocenters. The van der Waals surface area contributed by atoms with Crippen molar-refractivity contribution in [3.63, 3.8) is 0 Å². The van der Waals surface area contributed by atoms with Crippen LogP contribution in [0.25, 0.3) is 5.69 Å². The molecule has 170 valence electrons. The highest BCUT2D eigenvalue weighted by molar-refractivity contribution is 5.94. The predicted octanol–water partition coefficient (Wildman–Crippen LogP) is 2.53. The maximum atomic E-state index is 12.8. The second kappa shape index (κ2) is 9.11. The molecule has 5 rings (SSSR count). The minimum Gasteiger partial charge on any atom is -0.457 e. The second-order valence-corrected chi connectivity index (χ2v) is 8.61. The number of carbonyl (C=O) groups is 2. The molecule has 0 radical (unpaired) electrons. The van der Waals surface area contributed by atoms with Gasteiger partial charge in [-0.25, -0.2) is 9.48 Å². The van der Waals surface area contributed by atoms with Crippen molar-refractivity contribution < 1.29 is 14.3 Å². The lowest BCUT2D eigenvalue weighted by molar-refractivity contribution is -0.121. The molecule has 33 heavy (non-hydrogen) atoms. The number of carbonyl (C=O) groups excluding carboxylic acids is 2. The van der Waals surface area contributed by atoms with Crippen molar-refractivity contribution >= 4 is 17.6 Å². The van der Waals surface area contributed by atoms with Crippen LogP contribution in [0.2, 0.25) is 0 Å². The number of amides is 1. The summed E-state index contributed by atoms with van der Waals surface area (Å²) < 4.78 is 6.72. The number of cyclic esters (lactones) is 1. The monoisotopic (exact) mass is 446 g/mol. The average molecular weight is 447 g/mol. The third-order valence-electron chi connectivity index (χ3n) is 6.66. The van der Waals surface area contributed by atoms with Crippen molar-refractivity contribution in [1.29, 1.82) is 0 Å². The molecule has 0 bridgehead atoms. The zero-order valence-electron chi connectivity index (χ0n) is 18.5. The lowest BCUT2D eigenvalue weighted by Gasteiger charge is -2.31. The summed E-state index contributed by atoms with van der Waals surface area (Å²) in [5.74, 6) is -0.160. The fourth-order valence-corrected chi connectivity index (χ4v) is 4.62. The van der Waals surface area contributed by atoms with E-state index in [1.54, 1.807) is 4.68 Å². The third-order valence-corrected chi connectivity index (χ3v) is 6.66. The van der Waals surface area contributed by atoms with Gasteiger partial charge in [-0.2, -0.15) is 0 Å². The number of piperidine rings is 1. The number of hydrogen-bond donors (Lipinski definition) is 1. The lowest BCUT2D eigenvalue weighted by Crippen LogP contribution is -2.39. The standard InChI is InChI=1S/C24H26N6O3/c1-16-17(5-6-21-22(16)14-33-24(21)32)7-10-29-11-8-18(9-12-29)23(31)26-19-3-2-4-20(13-19)30-15-25-27-28-30/h2-6,13,15,18H,7-12,14H2,1H3,(H,26,31). The van der Waals surface area contributed by atoms with Crippen molar-refractivity contribution in [3.8, 4) is 5.69 Å². The van der Waals surface area contributed by atoms with E-state index in [2.05, 4.69) is 32.7 Å². The molecule has 0 aliphatic carbocycles. The molecule has 2 aromatic carbocycles. The molecule has 1 saturated heterocycles. The fourth-order valence-electron chi connectivity index (χ4n) is 4.62. The zero-order chi connectivity index (χ0) is 22.8. The van der Waals surface area contributed by atoms with Crippen LogP contribution in [0.4, 0.5) is 5.69 Å². The molecule has 1 N–H and O–H groups in total. The number of ether oxygens (including phenoxy) is 1. The van der Waals surface area contributed by atoms with Gasteiger partial charge in [-0.15, -0.1) is 5.10 Å². The van der Waals surface area contributed by atoms with Crippen LogP contribution in [-0.2, 0) is 22.6 Å². The Morgan fingerprint density at radius 2 is 2.06 bits per heavy atom. The number of rotatable bonds is 6. The first-order valence-corrected chi connectivity index (χ1v) is 11.2. The van der Waals surface area contributed by atoms with E-state index in [1.165, 1.54) is 11.9 Å². The van der Waals surface area contributed by atoms with Crippen LogP contribution in [0.3, 0.4) is 0 Å². The van der Waals surface area contributed by atoms with E-state index < -0.39 is 0 Å². The van der Waals surface area contributed by atoms with E-state index >= 15 is 0 Å². The van der Waals surface area contributed by atoms with E-state index in [4.69, 9.17) is 4.74 Å². The summed E-state index contributed by atoms with van der Waals surface area (Å²) in [7, 11) is 0. The van der Waals surface area contributed by atoms with E-state index in [-0.39, 0.29) is 17.8 Å². The number of benzene rings is 2. The Bertz CT molecular complexity index is 1170. The van der Waals surface area contributed by atoms with Crippen molar-refractivity contribution in [2.24, 2.45) is 5.92 Å². The van der Waals surface area contributed by atoms with Gasteiger partial charge in [0.1, 0.15) is 12.9 Å². The summed E-state index contributed by atoms with van der Waals surface area (Å²) in [6.07, 6.45) is 4.12. The summed E-state index contributed by atoms with van der Waals surface area (Å²) >= 11 is 0. The second-order valence-electron chi connectivity index (χ2n) is 8.61. The van der Waals surface area contributed by atoms with Gasteiger partial charge in [0.15, 0.2) is 0 Å². The maximum Gasteiger partial charge on any atom is 0.338 e. The topological polar surface area (TPSA) is 102 Å². The molecule has 9 nitrogen and oxygen atoms in total. The largest absolute Gasteiger partial charge is 0.457 e. The number of fused-ring (bicyclic) bond motifs is 1. The first kappa shape index (κ1) is 21.3. The fraction of sp³-hybridized carbons (Fsp3) is 0.375. The Kier molecular flexibility index (Phi) is 5.87. The van der Waals surface area contributed by atoms with Gasteiger partial charge in [0, 0.05) is 23.7 Å². The first-order chi connectivity index (χ1) is 16.1. The Balaban J connectivity index is 1.12. The molecule has 3 heterocycles. The smallest absolute Gasteiger partial charge is 0.338 e. The van der Waals surface area contributed by atoms with Gasteiger partial charge in [0.25, 0.3) is 0 Å². The van der Waals surface area contributed by atoms with Gasteiger partial charge in [0.05, 0.1) is 11.3 Å². The molecule has 0 spiro atoms. The van der Waals surface area contributed by atoms with E-state index in [0.717, 1.165) is 61.4 Å². The molecular formula is C24H26N6O3. The molecule has 1 fully saturated rings. The summed E-state index contributed by atoms with van der Waals surface area (Å²) in [4.78, 5) is 27.0. The van der Waals surface area contributed by atoms with Gasteiger partial charge in [0.2, 0.25) is 5.91 Å². The minimum atomic E-state index is -0.220. The van der Waals surface area contributed by atoms with Gasteiger partial charge < -0.3 is 15.0 Å². The third kappa shape index (κ3) is 4.49. The van der Waals surface area contributed by atoms with E-state index in [1.807, 2.05) is 36.4 Å². The molecule has 2 aliphatic heterocycles. The molecular weight excluding hydrogens is 420 g/mol. The van der Waals surface area contributed by atoms with Crippen LogP contribution in [0.5, 0.6) is 0 Å². The van der Waals surface area contributed by atoms with Gasteiger partial charge in [-0.05, 0) is 85.1 Å². The highest BCUT2D eigenvalue weighted by Crippen LogP contribution is 2.27. The molecule has 3 aromatic rings. The predicted molar refractivity (Wildman–Crippen MR) is 121 cm³/mol. The van der Waals surface area contributed by atoms with Crippen LogP contribution < -0.4 is 5.32 Å². The Labute approximate surface area is 191 Å². The van der Waals surface area contributed by atoms with Crippen molar-refractivity contribution in [1.82, 2.24) is 25.1 Å². The van der Waals surface area contributed by atoms with Gasteiger partial charge in [-0.1, -0.05) is 12.1 Å².